The molecule has 4 heteroatoms. The molecule has 0 spiro atoms. The molecule has 0 radical (unpaired) electrons. The Morgan fingerprint density at radius 2 is 1.95 bits per heavy atom. The number of thioether (sulfide) groups is 1. The third-order valence-corrected chi connectivity index (χ3v) is 4.19. The summed E-state index contributed by atoms with van der Waals surface area (Å²) in [4.78, 5) is 12.9. The van der Waals surface area contributed by atoms with Crippen LogP contribution < -0.4 is 5.32 Å². The maximum Gasteiger partial charge on any atom is 0.220 e. The van der Waals surface area contributed by atoms with Gasteiger partial charge in [0.1, 0.15) is 0 Å². The van der Waals surface area contributed by atoms with E-state index in [1.165, 1.54) is 10.5 Å². The second-order valence-electron chi connectivity index (χ2n) is 5.83. The zero-order valence-electron chi connectivity index (χ0n) is 12.6. The minimum atomic E-state index is -0.0471. The summed E-state index contributed by atoms with van der Waals surface area (Å²) >= 11 is 1.70. The van der Waals surface area contributed by atoms with Gasteiger partial charge in [-0.3, -0.25) is 4.79 Å². The number of hydrogen-bond acceptors (Lipinski definition) is 3. The molecule has 0 fully saturated rings. The van der Waals surface area contributed by atoms with Crippen molar-refractivity contribution in [1.82, 2.24) is 5.32 Å². The summed E-state index contributed by atoms with van der Waals surface area (Å²) in [5.74, 6) is 0.866. The molecule has 1 amide bonds. The van der Waals surface area contributed by atoms with Gasteiger partial charge in [-0.25, -0.2) is 0 Å². The van der Waals surface area contributed by atoms with Crippen molar-refractivity contribution in [2.45, 2.75) is 38.5 Å². The molecular weight excluding hydrogens is 270 g/mol. The highest BCUT2D eigenvalue weighted by Gasteiger charge is 2.17. The lowest BCUT2D eigenvalue weighted by Gasteiger charge is -2.23. The number of nitrogens with one attached hydrogen (secondary N) is 1. The van der Waals surface area contributed by atoms with Crippen molar-refractivity contribution in [2.24, 2.45) is 5.41 Å². The number of aryl methyl sites for hydroxylation is 1. The van der Waals surface area contributed by atoms with E-state index in [0.29, 0.717) is 19.4 Å². The lowest BCUT2D eigenvalue weighted by atomic mass is 9.90. The maximum atomic E-state index is 11.8. The summed E-state index contributed by atoms with van der Waals surface area (Å²) in [6.07, 6.45) is 1.22. The van der Waals surface area contributed by atoms with Crippen LogP contribution in [0.1, 0.15) is 32.3 Å². The van der Waals surface area contributed by atoms with Crippen LogP contribution in [0.5, 0.6) is 0 Å². The summed E-state index contributed by atoms with van der Waals surface area (Å²) in [6, 6.07) is 8.34. The number of aliphatic hydroxyl groups excluding tert-OH is 1. The van der Waals surface area contributed by atoms with E-state index in [0.717, 1.165) is 5.75 Å². The predicted octanol–water partition coefficient (Wildman–Crippen LogP) is 3.00. The highest BCUT2D eigenvalue weighted by molar-refractivity contribution is 7.99. The maximum absolute atomic E-state index is 11.8. The minimum Gasteiger partial charge on any atom is -0.396 e. The second-order valence-corrected chi connectivity index (χ2v) is 6.99. The zero-order valence-corrected chi connectivity index (χ0v) is 13.4. The van der Waals surface area contributed by atoms with Crippen LogP contribution >= 0.6 is 11.8 Å². The van der Waals surface area contributed by atoms with Crippen LogP contribution in [0.2, 0.25) is 0 Å². The molecular formula is C16H25NO2S. The van der Waals surface area contributed by atoms with Crippen LogP contribution in [-0.2, 0) is 4.79 Å². The quantitative estimate of drug-likeness (QED) is 0.725. The summed E-state index contributed by atoms with van der Waals surface area (Å²) in [5.41, 5.74) is 1.20. The van der Waals surface area contributed by atoms with Gasteiger partial charge in [0.25, 0.3) is 0 Å². The molecule has 0 aliphatic heterocycles. The fourth-order valence-corrected chi connectivity index (χ4v) is 2.57. The van der Waals surface area contributed by atoms with Gasteiger partial charge in [-0.1, -0.05) is 31.5 Å². The summed E-state index contributed by atoms with van der Waals surface area (Å²) in [5, 5.41) is 11.9. The molecule has 0 aliphatic carbocycles. The van der Waals surface area contributed by atoms with Gasteiger partial charge in [-0.05, 0) is 30.9 Å². The fraction of sp³-hybridized carbons (Fsp3) is 0.562. The second kappa shape index (κ2) is 8.32. The lowest BCUT2D eigenvalue weighted by Crippen LogP contribution is -2.34. The molecule has 1 rings (SSSR count). The van der Waals surface area contributed by atoms with E-state index in [1.54, 1.807) is 11.8 Å². The average molecular weight is 295 g/mol. The normalized spacial score (nSPS) is 11.4. The van der Waals surface area contributed by atoms with Gasteiger partial charge in [-0.2, -0.15) is 0 Å². The van der Waals surface area contributed by atoms with E-state index in [1.807, 2.05) is 13.8 Å². The van der Waals surface area contributed by atoms with E-state index >= 15 is 0 Å². The van der Waals surface area contributed by atoms with Crippen LogP contribution in [0.15, 0.2) is 29.2 Å². The summed E-state index contributed by atoms with van der Waals surface area (Å²) in [6.45, 7) is 6.93. The van der Waals surface area contributed by atoms with Crippen molar-refractivity contribution in [1.29, 1.82) is 0 Å². The van der Waals surface area contributed by atoms with Gasteiger partial charge < -0.3 is 10.4 Å². The molecule has 0 heterocycles. The molecule has 0 aromatic heterocycles. The van der Waals surface area contributed by atoms with Gasteiger partial charge in [-0.15, -0.1) is 11.8 Å². The highest BCUT2D eigenvalue weighted by Crippen LogP contribution is 2.20. The Kier molecular flexibility index (Phi) is 7.10. The Bertz CT molecular complexity index is 415. The minimum absolute atomic E-state index is 0.0471. The van der Waals surface area contributed by atoms with Gasteiger partial charge in [0, 0.05) is 30.2 Å². The van der Waals surface area contributed by atoms with Gasteiger partial charge >= 0.3 is 0 Å². The molecule has 112 valence electrons. The molecule has 0 bridgehead atoms. The van der Waals surface area contributed by atoms with Gasteiger partial charge in [0.15, 0.2) is 0 Å². The molecule has 0 aliphatic rings. The SMILES string of the molecule is Cc1ccc(SCCC(=O)NCC(C)(C)CCO)cc1. The number of carbonyl (C=O) groups excluding carboxylic acids is 1. The molecule has 0 saturated carbocycles. The third kappa shape index (κ3) is 6.96. The molecule has 0 saturated heterocycles. The number of aliphatic hydroxyl groups is 1. The highest BCUT2D eigenvalue weighted by atomic mass is 32.2. The molecule has 1 aromatic rings. The van der Waals surface area contributed by atoms with Crippen molar-refractivity contribution >= 4 is 17.7 Å². The first-order valence-corrected chi connectivity index (χ1v) is 7.98. The average Bonchev–Trinajstić information content (AvgIpc) is 2.39. The lowest BCUT2D eigenvalue weighted by molar-refractivity contribution is -0.121. The van der Waals surface area contributed by atoms with Crippen molar-refractivity contribution in [3.8, 4) is 0 Å². The van der Waals surface area contributed by atoms with Gasteiger partial charge in [0.05, 0.1) is 0 Å². The number of amides is 1. The first-order valence-electron chi connectivity index (χ1n) is 7.00. The van der Waals surface area contributed by atoms with Crippen LogP contribution in [-0.4, -0.2) is 29.9 Å². The van der Waals surface area contributed by atoms with Crippen LogP contribution in [0, 0.1) is 12.3 Å². The smallest absolute Gasteiger partial charge is 0.220 e. The standard InChI is InChI=1S/C16H25NO2S/c1-13-4-6-14(7-5-13)20-11-8-15(19)17-12-16(2,3)9-10-18/h4-7,18H,8-12H2,1-3H3,(H,17,19). The van der Waals surface area contributed by atoms with Crippen molar-refractivity contribution < 1.29 is 9.90 Å². The predicted molar refractivity (Wildman–Crippen MR) is 85.0 cm³/mol. The topological polar surface area (TPSA) is 49.3 Å². The van der Waals surface area contributed by atoms with E-state index in [2.05, 4.69) is 36.5 Å². The molecule has 0 atom stereocenters. The summed E-state index contributed by atoms with van der Waals surface area (Å²) in [7, 11) is 0. The molecule has 3 nitrogen and oxygen atoms in total. The van der Waals surface area contributed by atoms with E-state index in [9.17, 15) is 4.79 Å². The Morgan fingerprint density at radius 1 is 1.30 bits per heavy atom. The van der Waals surface area contributed by atoms with Gasteiger partial charge in [0.2, 0.25) is 5.91 Å². The Balaban J connectivity index is 2.22. The van der Waals surface area contributed by atoms with Crippen LogP contribution in [0.4, 0.5) is 0 Å². The monoisotopic (exact) mass is 295 g/mol. The largest absolute Gasteiger partial charge is 0.396 e. The van der Waals surface area contributed by atoms with E-state index in [4.69, 9.17) is 5.11 Å². The van der Waals surface area contributed by atoms with Crippen molar-refractivity contribution in [2.75, 3.05) is 18.9 Å². The first-order chi connectivity index (χ1) is 9.43. The number of benzene rings is 1. The Hall–Kier alpha value is -1.00. The number of rotatable bonds is 8. The summed E-state index contributed by atoms with van der Waals surface area (Å²) < 4.78 is 0. The van der Waals surface area contributed by atoms with Crippen molar-refractivity contribution in [3.63, 3.8) is 0 Å². The Labute approximate surface area is 126 Å². The third-order valence-electron chi connectivity index (χ3n) is 3.17. The van der Waals surface area contributed by atoms with Crippen molar-refractivity contribution in [3.05, 3.63) is 29.8 Å². The molecule has 2 N–H and O–H groups in total. The number of carbonyl (C=O) groups is 1. The first kappa shape index (κ1) is 17.1. The zero-order chi connectivity index (χ0) is 15.0. The Morgan fingerprint density at radius 3 is 2.55 bits per heavy atom. The molecule has 1 aromatic carbocycles. The van der Waals surface area contributed by atoms with E-state index < -0.39 is 0 Å². The molecule has 0 unspecified atom stereocenters. The van der Waals surface area contributed by atoms with Crippen LogP contribution in [0.3, 0.4) is 0 Å². The van der Waals surface area contributed by atoms with E-state index in [-0.39, 0.29) is 17.9 Å². The fourth-order valence-electron chi connectivity index (χ4n) is 1.71. The van der Waals surface area contributed by atoms with Crippen LogP contribution in [0.25, 0.3) is 0 Å². The molecule has 20 heavy (non-hydrogen) atoms. The number of hydrogen-bond donors (Lipinski definition) is 2.